The van der Waals surface area contributed by atoms with Gasteiger partial charge in [0.25, 0.3) is 0 Å². The molecule has 0 saturated carbocycles. The number of aryl methyl sites for hydroxylation is 1. The summed E-state index contributed by atoms with van der Waals surface area (Å²) < 4.78 is 1.94. The van der Waals surface area contributed by atoms with E-state index in [0.717, 1.165) is 11.8 Å². The largest absolute Gasteiger partial charge is 0.347 e. The van der Waals surface area contributed by atoms with Crippen LogP contribution < -0.4 is 4.90 Å². The minimum Gasteiger partial charge on any atom is -0.347 e. The van der Waals surface area contributed by atoms with Crippen LogP contribution in [0.25, 0.3) is 0 Å². The third kappa shape index (κ3) is 0.964. The second kappa shape index (κ2) is 2.28. The molecule has 0 spiro atoms. The summed E-state index contributed by atoms with van der Waals surface area (Å²) >= 11 is 0. The molecule has 4 heteroatoms. The molecule has 0 aliphatic heterocycles. The van der Waals surface area contributed by atoms with Crippen molar-refractivity contribution in [1.29, 1.82) is 0 Å². The summed E-state index contributed by atoms with van der Waals surface area (Å²) in [7, 11) is 5.84. The van der Waals surface area contributed by atoms with E-state index in [0.29, 0.717) is 0 Å². The Hall–Kier alpha value is -1.06. The van der Waals surface area contributed by atoms with Crippen LogP contribution in [0.5, 0.6) is 0 Å². The van der Waals surface area contributed by atoms with Gasteiger partial charge in [0.15, 0.2) is 0 Å². The van der Waals surface area contributed by atoms with Gasteiger partial charge in [-0.1, -0.05) is 0 Å². The lowest BCUT2D eigenvalue weighted by Gasteiger charge is -2.09. The van der Waals surface area contributed by atoms with Crippen molar-refractivity contribution in [2.24, 2.45) is 7.05 Å². The fourth-order valence-electron chi connectivity index (χ4n) is 0.785. The smallest absolute Gasteiger partial charge is 0.226 e. The highest BCUT2D eigenvalue weighted by Gasteiger charge is 2.04. The standard InChI is InChI=1S/C6H12N4/c1-5-7-8-6(9(2)3)10(5)4/h1-4H3. The van der Waals surface area contributed by atoms with Gasteiger partial charge in [-0.05, 0) is 6.92 Å². The predicted molar refractivity (Wildman–Crippen MR) is 40.1 cm³/mol. The number of aromatic nitrogens is 3. The van der Waals surface area contributed by atoms with Crippen molar-refractivity contribution in [3.8, 4) is 0 Å². The molecule has 1 heterocycles. The molecular weight excluding hydrogens is 128 g/mol. The average molecular weight is 140 g/mol. The summed E-state index contributed by atoms with van der Waals surface area (Å²) in [4.78, 5) is 1.93. The van der Waals surface area contributed by atoms with Crippen molar-refractivity contribution >= 4 is 5.95 Å². The summed E-state index contributed by atoms with van der Waals surface area (Å²) in [5, 5.41) is 7.86. The zero-order valence-electron chi connectivity index (χ0n) is 6.79. The van der Waals surface area contributed by atoms with E-state index in [-0.39, 0.29) is 0 Å². The number of nitrogens with zero attached hydrogens (tertiary/aromatic N) is 4. The van der Waals surface area contributed by atoms with Gasteiger partial charge in [0.2, 0.25) is 5.95 Å². The van der Waals surface area contributed by atoms with Gasteiger partial charge in [-0.15, -0.1) is 10.2 Å². The normalized spacial score (nSPS) is 10.0. The van der Waals surface area contributed by atoms with Crippen molar-refractivity contribution in [3.05, 3.63) is 5.82 Å². The van der Waals surface area contributed by atoms with Gasteiger partial charge in [-0.25, -0.2) is 0 Å². The van der Waals surface area contributed by atoms with E-state index in [1.165, 1.54) is 0 Å². The molecule has 0 atom stereocenters. The fourth-order valence-corrected chi connectivity index (χ4v) is 0.785. The molecule has 0 radical (unpaired) electrons. The van der Waals surface area contributed by atoms with Gasteiger partial charge >= 0.3 is 0 Å². The molecule has 1 rings (SSSR count). The number of hydrogen-bond donors (Lipinski definition) is 0. The molecule has 0 bridgehead atoms. The molecule has 0 aromatic carbocycles. The van der Waals surface area contributed by atoms with Crippen molar-refractivity contribution in [3.63, 3.8) is 0 Å². The third-order valence-corrected chi connectivity index (χ3v) is 1.47. The first-order valence-corrected chi connectivity index (χ1v) is 3.16. The zero-order chi connectivity index (χ0) is 7.72. The molecule has 1 aromatic heterocycles. The zero-order valence-corrected chi connectivity index (χ0v) is 6.79. The first-order chi connectivity index (χ1) is 4.63. The molecule has 1 aromatic rings. The summed E-state index contributed by atoms with van der Waals surface area (Å²) in [5.74, 6) is 1.82. The van der Waals surface area contributed by atoms with E-state index in [2.05, 4.69) is 10.2 Å². The van der Waals surface area contributed by atoms with E-state index in [4.69, 9.17) is 0 Å². The Morgan fingerprint density at radius 2 is 1.90 bits per heavy atom. The number of hydrogen-bond acceptors (Lipinski definition) is 3. The Bertz CT molecular complexity index is 226. The Balaban J connectivity index is 3.05. The highest BCUT2D eigenvalue weighted by Crippen LogP contribution is 2.05. The summed E-state index contributed by atoms with van der Waals surface area (Å²) in [6.07, 6.45) is 0. The molecule has 0 saturated heterocycles. The molecule has 0 fully saturated rings. The molecule has 0 amide bonds. The van der Waals surface area contributed by atoms with Gasteiger partial charge in [0.1, 0.15) is 5.82 Å². The summed E-state index contributed by atoms with van der Waals surface area (Å²) in [6, 6.07) is 0. The monoisotopic (exact) mass is 140 g/mol. The van der Waals surface area contributed by atoms with Crippen molar-refractivity contribution in [2.75, 3.05) is 19.0 Å². The highest BCUT2D eigenvalue weighted by molar-refractivity contribution is 5.26. The topological polar surface area (TPSA) is 34.0 Å². The molecular formula is C6H12N4. The van der Waals surface area contributed by atoms with E-state index in [1.807, 2.05) is 37.5 Å². The van der Waals surface area contributed by atoms with Crippen LogP contribution in [-0.2, 0) is 7.05 Å². The van der Waals surface area contributed by atoms with E-state index < -0.39 is 0 Å². The average Bonchev–Trinajstić information content (AvgIpc) is 2.14. The van der Waals surface area contributed by atoms with Gasteiger partial charge in [0.05, 0.1) is 0 Å². The molecule has 0 aliphatic carbocycles. The lowest BCUT2D eigenvalue weighted by molar-refractivity contribution is 0.834. The molecule has 4 nitrogen and oxygen atoms in total. The van der Waals surface area contributed by atoms with Crippen molar-refractivity contribution in [2.45, 2.75) is 6.92 Å². The number of anilines is 1. The van der Waals surface area contributed by atoms with Crippen LogP contribution in [0.3, 0.4) is 0 Å². The maximum atomic E-state index is 3.95. The van der Waals surface area contributed by atoms with E-state index in [9.17, 15) is 0 Å². The second-order valence-corrected chi connectivity index (χ2v) is 2.50. The Morgan fingerprint density at radius 3 is 2.10 bits per heavy atom. The number of rotatable bonds is 1. The lowest BCUT2D eigenvalue weighted by atomic mass is 10.7. The van der Waals surface area contributed by atoms with E-state index in [1.54, 1.807) is 0 Å². The Kier molecular flexibility index (Phi) is 1.61. The van der Waals surface area contributed by atoms with Crippen LogP contribution in [0.15, 0.2) is 0 Å². The van der Waals surface area contributed by atoms with Crippen LogP contribution in [0.4, 0.5) is 5.95 Å². The highest BCUT2D eigenvalue weighted by atomic mass is 15.4. The third-order valence-electron chi connectivity index (χ3n) is 1.47. The van der Waals surface area contributed by atoms with Gasteiger partial charge in [0, 0.05) is 21.1 Å². The summed E-state index contributed by atoms with van der Waals surface area (Å²) in [6.45, 7) is 1.93. The van der Waals surface area contributed by atoms with E-state index >= 15 is 0 Å². The fraction of sp³-hybridized carbons (Fsp3) is 0.667. The van der Waals surface area contributed by atoms with Gasteiger partial charge < -0.3 is 9.47 Å². The molecule has 0 unspecified atom stereocenters. The maximum Gasteiger partial charge on any atom is 0.226 e. The maximum absolute atomic E-state index is 3.95. The Labute approximate surface area is 60.5 Å². The molecule has 0 aliphatic rings. The summed E-state index contributed by atoms with van der Waals surface area (Å²) in [5.41, 5.74) is 0. The van der Waals surface area contributed by atoms with Crippen molar-refractivity contribution < 1.29 is 0 Å². The second-order valence-electron chi connectivity index (χ2n) is 2.50. The van der Waals surface area contributed by atoms with Crippen LogP contribution >= 0.6 is 0 Å². The first kappa shape index (κ1) is 7.05. The molecule has 10 heavy (non-hydrogen) atoms. The quantitative estimate of drug-likeness (QED) is 0.558. The molecule has 56 valence electrons. The lowest BCUT2D eigenvalue weighted by Crippen LogP contribution is -2.14. The molecule has 0 N–H and O–H groups in total. The van der Waals surface area contributed by atoms with Crippen LogP contribution in [0.1, 0.15) is 5.82 Å². The predicted octanol–water partition coefficient (Wildman–Crippen LogP) is 0.190. The minimum atomic E-state index is 0.887. The van der Waals surface area contributed by atoms with Crippen LogP contribution in [0, 0.1) is 6.92 Å². The Morgan fingerprint density at radius 1 is 1.30 bits per heavy atom. The van der Waals surface area contributed by atoms with Gasteiger partial charge in [-0.3, -0.25) is 0 Å². The SMILES string of the molecule is Cc1nnc(N(C)C)n1C. The van der Waals surface area contributed by atoms with Crippen LogP contribution in [-0.4, -0.2) is 28.9 Å². The minimum absolute atomic E-state index is 0.887. The van der Waals surface area contributed by atoms with Crippen LogP contribution in [0.2, 0.25) is 0 Å². The van der Waals surface area contributed by atoms with Gasteiger partial charge in [-0.2, -0.15) is 0 Å². The first-order valence-electron chi connectivity index (χ1n) is 3.16. The van der Waals surface area contributed by atoms with Crippen molar-refractivity contribution in [1.82, 2.24) is 14.8 Å².